The highest BCUT2D eigenvalue weighted by molar-refractivity contribution is 7.99. The van der Waals surface area contributed by atoms with Crippen LogP contribution in [0.5, 0.6) is 5.75 Å². The number of nitrogens with two attached hydrogens (primary N) is 2. The molecule has 110 valence electrons. The molecule has 0 aliphatic heterocycles. The van der Waals surface area contributed by atoms with E-state index in [4.69, 9.17) is 16.3 Å². The van der Waals surface area contributed by atoms with Crippen LogP contribution in [0.4, 0.5) is 5.69 Å². The Balaban J connectivity index is 1.80. The minimum Gasteiger partial charge on any atom is -0.493 e. The minimum absolute atomic E-state index is 0.346. The van der Waals surface area contributed by atoms with E-state index in [0.717, 1.165) is 10.8 Å². The molecule has 1 amide bonds. The van der Waals surface area contributed by atoms with Gasteiger partial charge in [0.2, 0.25) is 0 Å². The van der Waals surface area contributed by atoms with Crippen LogP contribution in [0, 0.1) is 0 Å². The first-order chi connectivity index (χ1) is 10.2. The molecule has 0 unspecified atom stereocenters. The second-order valence-corrected chi connectivity index (χ2v) is 5.24. The largest absolute Gasteiger partial charge is 0.493 e. The number of anilines is 1. The summed E-state index contributed by atoms with van der Waals surface area (Å²) in [5, 5.41) is 0.893. The number of nitrogen functional groups attached to an aromatic ring is 2. The van der Waals surface area contributed by atoms with Crippen molar-refractivity contribution in [2.75, 3.05) is 18.1 Å². The van der Waals surface area contributed by atoms with Gasteiger partial charge in [-0.2, -0.15) is 0 Å². The standard InChI is InChI=1S/C14H16N4O2S/c15-11-4-5-13(17-9-11)21-7-6-20-12-3-1-2-10(8-12)14(19)18-16/h1-5,8-9H,6-7,15-16H2,(H,18,19). The zero-order valence-corrected chi connectivity index (χ0v) is 12.1. The molecule has 0 aliphatic rings. The molecule has 1 aromatic carbocycles. The minimum atomic E-state index is -0.346. The van der Waals surface area contributed by atoms with E-state index in [1.54, 1.807) is 42.2 Å². The van der Waals surface area contributed by atoms with Crippen LogP contribution >= 0.6 is 11.8 Å². The molecule has 2 aromatic rings. The summed E-state index contributed by atoms with van der Waals surface area (Å²) < 4.78 is 5.59. The van der Waals surface area contributed by atoms with Gasteiger partial charge in [-0.1, -0.05) is 6.07 Å². The number of aromatic nitrogens is 1. The Hall–Kier alpha value is -2.25. The first-order valence-electron chi connectivity index (χ1n) is 6.27. The topological polar surface area (TPSA) is 103 Å². The van der Waals surface area contributed by atoms with Crippen molar-refractivity contribution in [3.8, 4) is 5.75 Å². The highest BCUT2D eigenvalue weighted by atomic mass is 32.2. The van der Waals surface area contributed by atoms with E-state index in [0.29, 0.717) is 23.6 Å². The molecule has 0 fully saturated rings. The number of amides is 1. The molecule has 0 atom stereocenters. The molecule has 0 bridgehead atoms. The van der Waals surface area contributed by atoms with Crippen LogP contribution in [0.1, 0.15) is 10.4 Å². The fourth-order valence-electron chi connectivity index (χ4n) is 1.59. The van der Waals surface area contributed by atoms with E-state index in [-0.39, 0.29) is 5.91 Å². The molecule has 2 rings (SSSR count). The first kappa shape index (κ1) is 15.1. The first-order valence-corrected chi connectivity index (χ1v) is 7.26. The molecule has 21 heavy (non-hydrogen) atoms. The molecular weight excluding hydrogens is 288 g/mol. The lowest BCUT2D eigenvalue weighted by molar-refractivity contribution is 0.0953. The van der Waals surface area contributed by atoms with E-state index >= 15 is 0 Å². The highest BCUT2D eigenvalue weighted by Crippen LogP contribution is 2.17. The van der Waals surface area contributed by atoms with Crippen molar-refractivity contribution >= 4 is 23.4 Å². The number of nitrogens with zero attached hydrogens (tertiary/aromatic N) is 1. The number of pyridine rings is 1. The van der Waals surface area contributed by atoms with Gasteiger partial charge in [0, 0.05) is 11.3 Å². The van der Waals surface area contributed by atoms with E-state index in [9.17, 15) is 4.79 Å². The van der Waals surface area contributed by atoms with Crippen molar-refractivity contribution in [2.24, 2.45) is 5.84 Å². The van der Waals surface area contributed by atoms with E-state index in [2.05, 4.69) is 10.4 Å². The van der Waals surface area contributed by atoms with Crippen molar-refractivity contribution in [1.29, 1.82) is 0 Å². The Morgan fingerprint density at radius 1 is 1.33 bits per heavy atom. The van der Waals surface area contributed by atoms with Gasteiger partial charge >= 0.3 is 0 Å². The van der Waals surface area contributed by atoms with Gasteiger partial charge in [-0.3, -0.25) is 10.2 Å². The number of hydrogen-bond acceptors (Lipinski definition) is 6. The number of carbonyl (C=O) groups is 1. The average Bonchev–Trinajstić information content (AvgIpc) is 2.53. The predicted octanol–water partition coefficient (Wildman–Crippen LogP) is 1.44. The van der Waals surface area contributed by atoms with Gasteiger partial charge in [0.1, 0.15) is 5.75 Å². The van der Waals surface area contributed by atoms with E-state index < -0.39 is 0 Å². The zero-order valence-electron chi connectivity index (χ0n) is 11.3. The van der Waals surface area contributed by atoms with Crippen molar-refractivity contribution < 1.29 is 9.53 Å². The number of nitrogens with one attached hydrogen (secondary N) is 1. The normalized spacial score (nSPS) is 10.1. The Kier molecular flexibility index (Phi) is 5.42. The summed E-state index contributed by atoms with van der Waals surface area (Å²) in [5.41, 5.74) is 8.76. The number of ether oxygens (including phenoxy) is 1. The van der Waals surface area contributed by atoms with Crippen LogP contribution in [-0.2, 0) is 0 Å². The van der Waals surface area contributed by atoms with E-state index in [1.165, 1.54) is 0 Å². The quantitative estimate of drug-likeness (QED) is 0.245. The SMILES string of the molecule is NNC(=O)c1cccc(OCCSc2ccc(N)cn2)c1. The number of hydrazine groups is 1. The van der Waals surface area contributed by atoms with Crippen LogP contribution < -0.4 is 21.7 Å². The molecule has 0 spiro atoms. The molecule has 0 aliphatic carbocycles. The second kappa shape index (κ2) is 7.51. The summed E-state index contributed by atoms with van der Waals surface area (Å²) in [4.78, 5) is 15.6. The molecule has 5 N–H and O–H groups in total. The van der Waals surface area contributed by atoms with Crippen LogP contribution in [0.15, 0.2) is 47.6 Å². The van der Waals surface area contributed by atoms with Crippen molar-refractivity contribution in [1.82, 2.24) is 10.4 Å². The molecule has 7 heteroatoms. The summed E-state index contributed by atoms with van der Waals surface area (Å²) in [6, 6.07) is 10.5. The summed E-state index contributed by atoms with van der Waals surface area (Å²) in [6.45, 7) is 0.504. The van der Waals surface area contributed by atoms with Gasteiger partial charge < -0.3 is 10.5 Å². The molecule has 0 radical (unpaired) electrons. The maximum absolute atomic E-state index is 11.4. The van der Waals surface area contributed by atoms with Gasteiger partial charge in [0.05, 0.1) is 23.5 Å². The van der Waals surface area contributed by atoms with Gasteiger partial charge in [0.25, 0.3) is 5.91 Å². The maximum Gasteiger partial charge on any atom is 0.265 e. The van der Waals surface area contributed by atoms with Gasteiger partial charge in [-0.25, -0.2) is 10.8 Å². The number of rotatable bonds is 6. The monoisotopic (exact) mass is 304 g/mol. The van der Waals surface area contributed by atoms with Gasteiger partial charge in [-0.05, 0) is 30.3 Å². The fraction of sp³-hybridized carbons (Fsp3) is 0.143. The van der Waals surface area contributed by atoms with Crippen LogP contribution in [0.25, 0.3) is 0 Å². The number of thioether (sulfide) groups is 1. The molecule has 1 heterocycles. The fourth-order valence-corrected chi connectivity index (χ4v) is 2.26. The summed E-state index contributed by atoms with van der Waals surface area (Å²) >= 11 is 1.57. The summed E-state index contributed by atoms with van der Waals surface area (Å²) in [6.07, 6.45) is 1.62. The smallest absolute Gasteiger partial charge is 0.265 e. The van der Waals surface area contributed by atoms with Crippen molar-refractivity contribution in [3.63, 3.8) is 0 Å². The highest BCUT2D eigenvalue weighted by Gasteiger charge is 2.04. The Bertz CT molecular complexity index is 604. The number of hydrogen-bond donors (Lipinski definition) is 3. The van der Waals surface area contributed by atoms with Crippen molar-refractivity contribution in [3.05, 3.63) is 48.2 Å². The molecule has 0 saturated carbocycles. The van der Waals surface area contributed by atoms with Crippen molar-refractivity contribution in [2.45, 2.75) is 5.03 Å². The molecule has 1 aromatic heterocycles. The third kappa shape index (κ3) is 4.66. The summed E-state index contributed by atoms with van der Waals surface area (Å²) in [5.74, 6) is 6.11. The van der Waals surface area contributed by atoms with E-state index in [1.807, 2.05) is 12.1 Å². The Morgan fingerprint density at radius 2 is 2.19 bits per heavy atom. The van der Waals surface area contributed by atoms with Crippen LogP contribution in [0.2, 0.25) is 0 Å². The zero-order chi connectivity index (χ0) is 15.1. The lowest BCUT2D eigenvalue weighted by Crippen LogP contribution is -2.29. The maximum atomic E-state index is 11.4. The summed E-state index contributed by atoms with van der Waals surface area (Å²) in [7, 11) is 0. The third-order valence-electron chi connectivity index (χ3n) is 2.59. The lowest BCUT2D eigenvalue weighted by Gasteiger charge is -2.07. The molecule has 6 nitrogen and oxygen atoms in total. The van der Waals surface area contributed by atoms with Crippen LogP contribution in [0.3, 0.4) is 0 Å². The Labute approximate surface area is 126 Å². The Morgan fingerprint density at radius 3 is 2.90 bits per heavy atom. The van der Waals surface area contributed by atoms with Gasteiger partial charge in [-0.15, -0.1) is 11.8 Å². The lowest BCUT2D eigenvalue weighted by atomic mass is 10.2. The molecular formula is C14H16N4O2S. The predicted molar refractivity (Wildman–Crippen MR) is 83.0 cm³/mol. The number of carbonyl (C=O) groups excluding carboxylic acids is 1. The molecule has 0 saturated heterocycles. The number of benzene rings is 1. The third-order valence-corrected chi connectivity index (χ3v) is 3.50. The second-order valence-electron chi connectivity index (χ2n) is 4.13. The average molecular weight is 304 g/mol. The van der Waals surface area contributed by atoms with Gasteiger partial charge in [0.15, 0.2) is 0 Å². The van der Waals surface area contributed by atoms with Crippen LogP contribution in [-0.4, -0.2) is 23.3 Å².